The molecular weight excluding hydrogens is 246 g/mol. The van der Waals surface area contributed by atoms with Crippen molar-refractivity contribution in [3.05, 3.63) is 27.2 Å². The van der Waals surface area contributed by atoms with Crippen molar-refractivity contribution in [3.8, 4) is 0 Å². The average Bonchev–Trinajstić information content (AvgIpc) is 2.83. The van der Waals surface area contributed by atoms with E-state index in [1.165, 1.54) is 11.3 Å². The zero-order chi connectivity index (χ0) is 11.5. The summed E-state index contributed by atoms with van der Waals surface area (Å²) in [4.78, 5) is 19.6. The van der Waals surface area contributed by atoms with Gasteiger partial charge in [0.05, 0.1) is 6.54 Å². The van der Waals surface area contributed by atoms with Crippen LogP contribution in [0.5, 0.6) is 0 Å². The van der Waals surface area contributed by atoms with Gasteiger partial charge in [0.25, 0.3) is 0 Å². The fourth-order valence-electron chi connectivity index (χ4n) is 1.16. The number of hydrogen-bond acceptors (Lipinski definition) is 6. The van der Waals surface area contributed by atoms with Gasteiger partial charge >= 0.3 is 5.97 Å². The van der Waals surface area contributed by atoms with E-state index in [1.807, 2.05) is 5.38 Å². The van der Waals surface area contributed by atoms with Gasteiger partial charge in [-0.3, -0.25) is 0 Å². The van der Waals surface area contributed by atoms with Gasteiger partial charge in [0.1, 0.15) is 5.01 Å². The number of carboxylic acid groups (broad SMARTS) is 1. The smallest absolute Gasteiger partial charge is 0.355 e. The molecule has 0 unspecified atom stereocenters. The minimum Gasteiger partial charge on any atom is -0.476 e. The molecular formula is C9H9N3O2S2. The highest BCUT2D eigenvalue weighted by molar-refractivity contribution is 7.15. The summed E-state index contributed by atoms with van der Waals surface area (Å²) in [5.74, 6) is -0.990. The second-order valence-corrected chi connectivity index (χ2v) is 5.19. The molecule has 2 N–H and O–H groups in total. The molecule has 0 saturated heterocycles. The Morgan fingerprint density at radius 2 is 2.44 bits per heavy atom. The quantitative estimate of drug-likeness (QED) is 0.876. The van der Waals surface area contributed by atoms with E-state index in [4.69, 9.17) is 5.11 Å². The fraction of sp³-hybridized carbons (Fsp3) is 0.222. The average molecular weight is 255 g/mol. The summed E-state index contributed by atoms with van der Waals surface area (Å²) >= 11 is 2.88. The number of nitrogens with zero attached hydrogens (tertiary/aromatic N) is 2. The molecule has 0 fully saturated rings. The van der Waals surface area contributed by atoms with E-state index in [9.17, 15) is 4.79 Å². The lowest BCUT2D eigenvalue weighted by atomic mass is 10.4. The van der Waals surface area contributed by atoms with Crippen molar-refractivity contribution in [1.29, 1.82) is 0 Å². The first kappa shape index (κ1) is 11.0. The maximum atomic E-state index is 10.8. The van der Waals surface area contributed by atoms with E-state index in [-0.39, 0.29) is 5.69 Å². The van der Waals surface area contributed by atoms with Crippen LogP contribution in [-0.2, 0) is 6.54 Å². The number of carboxylic acids is 1. The molecule has 0 atom stereocenters. The topological polar surface area (TPSA) is 75.1 Å². The lowest BCUT2D eigenvalue weighted by Gasteiger charge is -1.97. The fourth-order valence-corrected chi connectivity index (χ4v) is 2.52. The molecule has 0 amide bonds. The second-order valence-electron chi connectivity index (χ2n) is 3.01. The molecule has 5 nitrogen and oxygen atoms in total. The summed E-state index contributed by atoms with van der Waals surface area (Å²) in [7, 11) is 0. The second kappa shape index (κ2) is 4.58. The van der Waals surface area contributed by atoms with Gasteiger partial charge in [0.15, 0.2) is 10.8 Å². The maximum absolute atomic E-state index is 10.8. The molecule has 0 aromatic carbocycles. The van der Waals surface area contributed by atoms with Gasteiger partial charge in [0, 0.05) is 16.5 Å². The van der Waals surface area contributed by atoms with Crippen molar-refractivity contribution >= 4 is 33.8 Å². The minimum atomic E-state index is -0.990. The van der Waals surface area contributed by atoms with Crippen LogP contribution in [-0.4, -0.2) is 21.0 Å². The Morgan fingerprint density at radius 1 is 1.62 bits per heavy atom. The lowest BCUT2D eigenvalue weighted by Crippen LogP contribution is -2.01. The predicted octanol–water partition coefficient (Wildman–Crippen LogP) is 2.22. The van der Waals surface area contributed by atoms with Crippen LogP contribution < -0.4 is 5.32 Å². The molecule has 2 aromatic heterocycles. The molecule has 2 aromatic rings. The molecule has 2 rings (SSSR count). The van der Waals surface area contributed by atoms with Crippen molar-refractivity contribution in [1.82, 2.24) is 9.97 Å². The number of aromatic nitrogens is 2. The Bertz CT molecular complexity index is 493. The van der Waals surface area contributed by atoms with Crippen LogP contribution >= 0.6 is 22.7 Å². The molecule has 7 heteroatoms. The van der Waals surface area contributed by atoms with E-state index < -0.39 is 5.97 Å². The van der Waals surface area contributed by atoms with Gasteiger partial charge in [-0.05, 0) is 6.92 Å². The predicted molar refractivity (Wildman–Crippen MR) is 63.3 cm³/mol. The standard InChI is InChI=1S/C9H9N3O2S2/c1-5-7(8(13)14)12-9(16-5)11-4-6-10-2-3-15-6/h2-3H,4H2,1H3,(H,11,12)(H,13,14). The number of nitrogens with one attached hydrogen (secondary N) is 1. The first-order valence-corrected chi connectivity index (χ1v) is 6.19. The number of aromatic carboxylic acids is 1. The Hall–Kier alpha value is -1.47. The van der Waals surface area contributed by atoms with Crippen molar-refractivity contribution in [2.24, 2.45) is 0 Å². The molecule has 0 saturated carbocycles. The Balaban J connectivity index is 2.05. The zero-order valence-corrected chi connectivity index (χ0v) is 10.1. The van der Waals surface area contributed by atoms with E-state index >= 15 is 0 Å². The number of carbonyl (C=O) groups is 1. The van der Waals surface area contributed by atoms with Crippen LogP contribution in [0.15, 0.2) is 11.6 Å². The maximum Gasteiger partial charge on any atom is 0.355 e. The van der Waals surface area contributed by atoms with Crippen molar-refractivity contribution in [2.45, 2.75) is 13.5 Å². The molecule has 0 spiro atoms. The van der Waals surface area contributed by atoms with Crippen LogP contribution in [0.3, 0.4) is 0 Å². The van der Waals surface area contributed by atoms with E-state index in [0.29, 0.717) is 16.6 Å². The largest absolute Gasteiger partial charge is 0.476 e. The van der Waals surface area contributed by atoms with Crippen LogP contribution in [0.1, 0.15) is 20.4 Å². The highest BCUT2D eigenvalue weighted by Gasteiger charge is 2.13. The Morgan fingerprint density at radius 3 is 3.00 bits per heavy atom. The van der Waals surface area contributed by atoms with Gasteiger partial charge in [-0.15, -0.1) is 22.7 Å². The van der Waals surface area contributed by atoms with Gasteiger partial charge in [-0.2, -0.15) is 0 Å². The van der Waals surface area contributed by atoms with Crippen molar-refractivity contribution < 1.29 is 9.90 Å². The third-order valence-corrected chi connectivity index (χ3v) is 3.58. The molecule has 0 aliphatic rings. The van der Waals surface area contributed by atoms with E-state index in [0.717, 1.165) is 5.01 Å². The van der Waals surface area contributed by atoms with Gasteiger partial charge in [-0.1, -0.05) is 0 Å². The summed E-state index contributed by atoms with van der Waals surface area (Å²) in [6.07, 6.45) is 1.73. The molecule has 0 aliphatic heterocycles. The number of thiazole rings is 2. The SMILES string of the molecule is Cc1sc(NCc2nccs2)nc1C(=O)O. The van der Waals surface area contributed by atoms with Gasteiger partial charge < -0.3 is 10.4 Å². The minimum absolute atomic E-state index is 0.117. The normalized spacial score (nSPS) is 10.3. The third kappa shape index (κ3) is 2.37. The van der Waals surface area contributed by atoms with Crippen molar-refractivity contribution in [2.75, 3.05) is 5.32 Å². The highest BCUT2D eigenvalue weighted by Crippen LogP contribution is 2.22. The summed E-state index contributed by atoms with van der Waals surface area (Å²) in [6, 6.07) is 0. The highest BCUT2D eigenvalue weighted by atomic mass is 32.1. The van der Waals surface area contributed by atoms with Gasteiger partial charge in [0.2, 0.25) is 0 Å². The van der Waals surface area contributed by atoms with Crippen molar-refractivity contribution in [3.63, 3.8) is 0 Å². The molecule has 0 aliphatic carbocycles. The molecule has 84 valence electrons. The summed E-state index contributed by atoms with van der Waals surface area (Å²) in [5, 5.41) is 15.4. The summed E-state index contributed by atoms with van der Waals surface area (Å²) < 4.78 is 0. The lowest BCUT2D eigenvalue weighted by molar-refractivity contribution is 0.0690. The van der Waals surface area contributed by atoms with Crippen LogP contribution in [0.25, 0.3) is 0 Å². The monoisotopic (exact) mass is 255 g/mol. The summed E-state index contributed by atoms with van der Waals surface area (Å²) in [6.45, 7) is 2.32. The Kier molecular flexibility index (Phi) is 3.16. The first-order valence-electron chi connectivity index (χ1n) is 4.50. The number of rotatable bonds is 4. The Labute approximate surface area is 99.8 Å². The van der Waals surface area contributed by atoms with Crippen LogP contribution in [0.2, 0.25) is 0 Å². The first-order chi connectivity index (χ1) is 7.66. The number of hydrogen-bond donors (Lipinski definition) is 2. The molecule has 0 radical (unpaired) electrons. The molecule has 16 heavy (non-hydrogen) atoms. The number of aryl methyl sites for hydroxylation is 1. The van der Waals surface area contributed by atoms with Crippen LogP contribution in [0, 0.1) is 6.92 Å². The molecule has 2 heterocycles. The van der Waals surface area contributed by atoms with E-state index in [1.54, 1.807) is 24.5 Å². The van der Waals surface area contributed by atoms with Gasteiger partial charge in [-0.25, -0.2) is 14.8 Å². The zero-order valence-electron chi connectivity index (χ0n) is 8.43. The van der Waals surface area contributed by atoms with Crippen LogP contribution in [0.4, 0.5) is 5.13 Å². The third-order valence-electron chi connectivity index (χ3n) is 1.87. The summed E-state index contributed by atoms with van der Waals surface area (Å²) in [5.41, 5.74) is 0.117. The molecule has 0 bridgehead atoms. The van der Waals surface area contributed by atoms with E-state index in [2.05, 4.69) is 15.3 Å². The number of anilines is 1.